The second kappa shape index (κ2) is 9.82. The maximum atomic E-state index is 14.2. The SMILES string of the molecule is CCOC(=O)C1=C(CN2CCN3C(=O)CC[C@@H]3C2)NC(c2nccs2)=N[C@H]1c1ccc(F)c(F)c1. The smallest absolute Gasteiger partial charge is 0.338 e. The second-order valence-electron chi connectivity index (χ2n) is 8.64. The predicted octanol–water partition coefficient (Wildman–Crippen LogP) is 2.64. The van der Waals surface area contributed by atoms with Gasteiger partial charge in [-0.2, -0.15) is 0 Å². The summed E-state index contributed by atoms with van der Waals surface area (Å²) in [7, 11) is 0. The second-order valence-corrected chi connectivity index (χ2v) is 9.54. The van der Waals surface area contributed by atoms with E-state index in [-0.39, 0.29) is 24.1 Å². The van der Waals surface area contributed by atoms with Crippen LogP contribution < -0.4 is 5.32 Å². The first kappa shape index (κ1) is 23.6. The van der Waals surface area contributed by atoms with Gasteiger partial charge in [0.25, 0.3) is 0 Å². The number of carbonyl (C=O) groups excluding carboxylic acids is 2. The molecule has 3 aliphatic rings. The fraction of sp³-hybridized carbons (Fsp3) is 0.417. The molecule has 1 aromatic carbocycles. The molecule has 2 saturated heterocycles. The fourth-order valence-electron chi connectivity index (χ4n) is 4.84. The Morgan fingerprint density at radius 3 is 2.89 bits per heavy atom. The minimum Gasteiger partial charge on any atom is -0.463 e. The first-order chi connectivity index (χ1) is 16.9. The Kier molecular flexibility index (Phi) is 6.61. The maximum absolute atomic E-state index is 14.2. The Morgan fingerprint density at radius 1 is 1.29 bits per heavy atom. The van der Waals surface area contributed by atoms with E-state index in [0.29, 0.717) is 54.7 Å². The van der Waals surface area contributed by atoms with Crippen LogP contribution in [0, 0.1) is 11.6 Å². The number of aliphatic imine (C=N–C) groups is 1. The zero-order chi connectivity index (χ0) is 24.5. The van der Waals surface area contributed by atoms with Crippen molar-refractivity contribution in [1.82, 2.24) is 20.1 Å². The molecule has 2 fully saturated rings. The lowest BCUT2D eigenvalue weighted by molar-refractivity contribution is -0.139. The molecule has 11 heteroatoms. The summed E-state index contributed by atoms with van der Waals surface area (Å²) in [6.45, 7) is 4.23. The number of hydrogen-bond donors (Lipinski definition) is 1. The summed E-state index contributed by atoms with van der Waals surface area (Å²) in [6.07, 6.45) is 3.03. The minimum absolute atomic E-state index is 0.153. The van der Waals surface area contributed by atoms with Gasteiger partial charge in [-0.05, 0) is 31.0 Å². The number of amides is 1. The summed E-state index contributed by atoms with van der Waals surface area (Å²) in [5.74, 6) is -1.92. The van der Waals surface area contributed by atoms with Crippen LogP contribution in [0.25, 0.3) is 0 Å². The quantitative estimate of drug-likeness (QED) is 0.613. The van der Waals surface area contributed by atoms with E-state index in [1.165, 1.54) is 17.4 Å². The van der Waals surface area contributed by atoms with Crippen LogP contribution in [0.3, 0.4) is 0 Å². The minimum atomic E-state index is -1.01. The van der Waals surface area contributed by atoms with Crippen molar-refractivity contribution in [3.8, 4) is 0 Å². The summed E-state index contributed by atoms with van der Waals surface area (Å²) >= 11 is 1.38. The lowest BCUT2D eigenvalue weighted by Gasteiger charge is -2.39. The molecule has 0 unspecified atom stereocenters. The number of piperazine rings is 1. The van der Waals surface area contributed by atoms with E-state index in [1.807, 2.05) is 10.3 Å². The normalized spacial score (nSPS) is 22.7. The van der Waals surface area contributed by atoms with E-state index in [2.05, 4.69) is 15.2 Å². The van der Waals surface area contributed by atoms with E-state index in [4.69, 9.17) is 9.73 Å². The number of ether oxygens (including phenoxy) is 1. The summed E-state index contributed by atoms with van der Waals surface area (Å²) in [6, 6.07) is 2.78. The first-order valence-electron chi connectivity index (χ1n) is 11.6. The number of nitrogens with zero attached hydrogens (tertiary/aromatic N) is 4. The van der Waals surface area contributed by atoms with Gasteiger partial charge in [-0.15, -0.1) is 11.3 Å². The van der Waals surface area contributed by atoms with Gasteiger partial charge in [-0.1, -0.05) is 6.07 Å². The number of aromatic nitrogens is 1. The molecule has 4 heterocycles. The first-order valence-corrected chi connectivity index (χ1v) is 12.4. The monoisotopic (exact) mass is 501 g/mol. The van der Waals surface area contributed by atoms with E-state index < -0.39 is 23.6 Å². The van der Waals surface area contributed by atoms with Crippen LogP contribution in [0.2, 0.25) is 0 Å². The van der Waals surface area contributed by atoms with Gasteiger partial charge in [0.2, 0.25) is 5.91 Å². The molecule has 3 aliphatic heterocycles. The van der Waals surface area contributed by atoms with Crippen molar-refractivity contribution in [2.75, 3.05) is 32.8 Å². The molecular weight excluding hydrogens is 476 g/mol. The highest BCUT2D eigenvalue weighted by Gasteiger charge is 2.38. The molecule has 1 amide bonds. The molecule has 5 rings (SSSR count). The summed E-state index contributed by atoms with van der Waals surface area (Å²) in [5, 5.41) is 5.70. The lowest BCUT2D eigenvalue weighted by Crippen LogP contribution is -2.53. The topological polar surface area (TPSA) is 87.1 Å². The molecule has 8 nitrogen and oxygen atoms in total. The number of halogens is 2. The van der Waals surface area contributed by atoms with Crippen molar-refractivity contribution >= 4 is 29.0 Å². The molecule has 1 aromatic heterocycles. The highest BCUT2D eigenvalue weighted by Crippen LogP contribution is 2.34. The number of hydrogen-bond acceptors (Lipinski definition) is 8. The van der Waals surface area contributed by atoms with Gasteiger partial charge in [-0.25, -0.2) is 18.6 Å². The largest absolute Gasteiger partial charge is 0.463 e. The molecule has 0 radical (unpaired) electrons. The van der Waals surface area contributed by atoms with Gasteiger partial charge >= 0.3 is 5.97 Å². The van der Waals surface area contributed by atoms with E-state index in [0.717, 1.165) is 18.6 Å². The van der Waals surface area contributed by atoms with Crippen LogP contribution in [-0.2, 0) is 14.3 Å². The average Bonchev–Trinajstić information content (AvgIpc) is 3.51. The maximum Gasteiger partial charge on any atom is 0.338 e. The van der Waals surface area contributed by atoms with Crippen LogP contribution >= 0.6 is 11.3 Å². The van der Waals surface area contributed by atoms with E-state index in [1.54, 1.807) is 13.1 Å². The van der Waals surface area contributed by atoms with Crippen LogP contribution in [0.1, 0.15) is 36.4 Å². The summed E-state index contributed by atoms with van der Waals surface area (Å²) in [4.78, 5) is 38.4. The zero-order valence-electron chi connectivity index (χ0n) is 19.2. The number of rotatable bonds is 6. The van der Waals surface area contributed by atoms with Crippen LogP contribution in [0.15, 0.2) is 46.0 Å². The number of amidine groups is 1. The Bertz CT molecular complexity index is 1200. The van der Waals surface area contributed by atoms with Crippen molar-refractivity contribution in [3.63, 3.8) is 0 Å². The van der Waals surface area contributed by atoms with Crippen molar-refractivity contribution in [1.29, 1.82) is 0 Å². The molecule has 0 saturated carbocycles. The lowest BCUT2D eigenvalue weighted by atomic mass is 9.95. The predicted molar refractivity (Wildman–Crippen MR) is 126 cm³/mol. The summed E-state index contributed by atoms with van der Waals surface area (Å²) < 4.78 is 33.2. The zero-order valence-corrected chi connectivity index (χ0v) is 20.0. The van der Waals surface area contributed by atoms with Gasteiger partial charge in [0.15, 0.2) is 22.5 Å². The van der Waals surface area contributed by atoms with Crippen molar-refractivity contribution in [3.05, 3.63) is 63.3 Å². The standard InChI is InChI=1S/C24H25F2N5O3S/c1-2-34-24(33)20-18(13-30-8-9-31-15(12-30)4-6-19(31)32)28-22(23-27-7-10-35-23)29-21(20)14-3-5-16(25)17(26)11-14/h3,5,7,10-11,15,21H,2,4,6,8-9,12-13H2,1H3,(H,28,29)/t15-,21+/m1/s1. The number of carbonyl (C=O) groups is 2. The van der Waals surface area contributed by atoms with Crippen LogP contribution in [0.4, 0.5) is 8.78 Å². The van der Waals surface area contributed by atoms with Crippen molar-refractivity contribution in [2.24, 2.45) is 4.99 Å². The Hall–Kier alpha value is -3.18. The van der Waals surface area contributed by atoms with Gasteiger partial charge in [0, 0.05) is 55.9 Å². The van der Waals surface area contributed by atoms with Gasteiger partial charge in [0.1, 0.15) is 6.04 Å². The Morgan fingerprint density at radius 2 is 2.14 bits per heavy atom. The molecule has 1 N–H and O–H groups in total. The van der Waals surface area contributed by atoms with Crippen molar-refractivity contribution < 1.29 is 23.1 Å². The molecule has 0 spiro atoms. The third-order valence-electron chi connectivity index (χ3n) is 6.48. The highest BCUT2D eigenvalue weighted by molar-refractivity contribution is 7.11. The average molecular weight is 502 g/mol. The van der Waals surface area contributed by atoms with Crippen LogP contribution in [0.5, 0.6) is 0 Å². The number of benzene rings is 1. The third kappa shape index (κ3) is 4.70. The van der Waals surface area contributed by atoms with Gasteiger partial charge in [0.05, 0.1) is 12.2 Å². The number of thiazole rings is 1. The molecular formula is C24H25F2N5O3S. The molecule has 0 aliphatic carbocycles. The van der Waals surface area contributed by atoms with E-state index >= 15 is 0 Å². The molecule has 184 valence electrons. The molecule has 35 heavy (non-hydrogen) atoms. The summed E-state index contributed by atoms with van der Waals surface area (Å²) in [5.41, 5.74) is 1.17. The highest BCUT2D eigenvalue weighted by atomic mass is 32.1. The number of fused-ring (bicyclic) bond motifs is 1. The number of esters is 1. The Labute approximate surface area is 205 Å². The molecule has 2 atom stereocenters. The fourth-order valence-corrected chi connectivity index (χ4v) is 5.43. The Balaban J connectivity index is 1.53. The van der Waals surface area contributed by atoms with Crippen molar-refractivity contribution in [2.45, 2.75) is 31.8 Å². The van der Waals surface area contributed by atoms with Gasteiger partial charge < -0.3 is 15.0 Å². The molecule has 0 bridgehead atoms. The van der Waals surface area contributed by atoms with Gasteiger partial charge in [-0.3, -0.25) is 14.7 Å². The third-order valence-corrected chi connectivity index (χ3v) is 7.26. The number of nitrogens with one attached hydrogen (secondary N) is 1. The van der Waals surface area contributed by atoms with E-state index in [9.17, 15) is 18.4 Å². The van der Waals surface area contributed by atoms with Crippen LogP contribution in [-0.4, -0.2) is 71.3 Å². The molecule has 2 aromatic rings.